The molecule has 1 amide bonds. The molecule has 1 saturated heterocycles. The van der Waals surface area contributed by atoms with Gasteiger partial charge in [0.15, 0.2) is 0 Å². The standard InChI is InChI=1S/C10H11IN2O3S/c11-8-3-6(5-17-8)9(14)13-2-1-12-4-7(13)10(15)16/h3,5,7,12H,1-2,4H2,(H,15,16). The molecule has 92 valence electrons. The van der Waals surface area contributed by atoms with Crippen LogP contribution < -0.4 is 5.32 Å². The quantitative estimate of drug-likeness (QED) is 0.762. The molecule has 17 heavy (non-hydrogen) atoms. The van der Waals surface area contributed by atoms with Crippen molar-refractivity contribution in [1.82, 2.24) is 10.2 Å². The molecule has 1 atom stereocenters. The Hall–Kier alpha value is -0.670. The van der Waals surface area contributed by atoms with Crippen LogP contribution in [0.5, 0.6) is 0 Å². The molecule has 5 nitrogen and oxygen atoms in total. The fourth-order valence-electron chi connectivity index (χ4n) is 1.76. The maximum Gasteiger partial charge on any atom is 0.327 e. The minimum Gasteiger partial charge on any atom is -0.480 e. The van der Waals surface area contributed by atoms with Crippen molar-refractivity contribution < 1.29 is 14.7 Å². The zero-order chi connectivity index (χ0) is 12.4. The van der Waals surface area contributed by atoms with Gasteiger partial charge in [-0.2, -0.15) is 0 Å². The van der Waals surface area contributed by atoms with E-state index in [0.717, 1.165) is 2.88 Å². The summed E-state index contributed by atoms with van der Waals surface area (Å²) in [5.41, 5.74) is 0.576. The van der Waals surface area contributed by atoms with Gasteiger partial charge in [-0.05, 0) is 28.7 Å². The predicted octanol–water partition coefficient (Wildman–Crippen LogP) is 0.851. The van der Waals surface area contributed by atoms with Crippen molar-refractivity contribution in [2.75, 3.05) is 19.6 Å². The molecule has 0 saturated carbocycles. The Bertz CT molecular complexity index is 449. The minimum atomic E-state index is -0.963. The number of carboxylic acid groups (broad SMARTS) is 1. The van der Waals surface area contributed by atoms with Crippen molar-refractivity contribution in [3.05, 3.63) is 19.9 Å². The summed E-state index contributed by atoms with van der Waals surface area (Å²) < 4.78 is 1.02. The summed E-state index contributed by atoms with van der Waals surface area (Å²) in [5.74, 6) is -1.16. The number of thiophene rings is 1. The topological polar surface area (TPSA) is 69.6 Å². The second kappa shape index (κ2) is 5.32. The smallest absolute Gasteiger partial charge is 0.327 e. The summed E-state index contributed by atoms with van der Waals surface area (Å²) in [5, 5.41) is 13.8. The Kier molecular flexibility index (Phi) is 4.00. The zero-order valence-electron chi connectivity index (χ0n) is 8.85. The number of piperazine rings is 1. The van der Waals surface area contributed by atoms with Gasteiger partial charge in [-0.1, -0.05) is 0 Å². The van der Waals surface area contributed by atoms with Crippen molar-refractivity contribution in [3.63, 3.8) is 0 Å². The lowest BCUT2D eigenvalue weighted by Gasteiger charge is -2.33. The number of carbonyl (C=O) groups excluding carboxylic acids is 1. The summed E-state index contributed by atoms with van der Waals surface area (Å²) >= 11 is 3.63. The van der Waals surface area contributed by atoms with Crippen molar-refractivity contribution in [2.24, 2.45) is 0 Å². The van der Waals surface area contributed by atoms with E-state index in [0.29, 0.717) is 25.2 Å². The maximum absolute atomic E-state index is 12.2. The van der Waals surface area contributed by atoms with Crippen LogP contribution in [-0.2, 0) is 4.79 Å². The second-order valence-electron chi connectivity index (χ2n) is 3.70. The fourth-order valence-corrected chi connectivity index (χ4v) is 3.08. The largest absolute Gasteiger partial charge is 0.480 e. The molecule has 0 aliphatic carbocycles. The predicted molar refractivity (Wildman–Crippen MR) is 72.4 cm³/mol. The highest BCUT2D eigenvalue weighted by atomic mass is 127. The highest BCUT2D eigenvalue weighted by Gasteiger charge is 2.32. The first-order valence-corrected chi connectivity index (χ1v) is 7.04. The van der Waals surface area contributed by atoms with E-state index in [2.05, 4.69) is 27.9 Å². The number of carboxylic acids is 1. The van der Waals surface area contributed by atoms with Crippen LogP contribution in [0.2, 0.25) is 0 Å². The molecule has 2 heterocycles. The average Bonchev–Trinajstić information content (AvgIpc) is 2.75. The zero-order valence-corrected chi connectivity index (χ0v) is 11.8. The highest BCUT2D eigenvalue weighted by Crippen LogP contribution is 2.19. The molecule has 0 aromatic carbocycles. The number of hydrogen-bond donors (Lipinski definition) is 2. The third-order valence-corrected chi connectivity index (χ3v) is 4.39. The number of amides is 1. The lowest BCUT2D eigenvalue weighted by Crippen LogP contribution is -2.56. The van der Waals surface area contributed by atoms with E-state index in [-0.39, 0.29) is 5.91 Å². The van der Waals surface area contributed by atoms with Crippen molar-refractivity contribution in [2.45, 2.75) is 6.04 Å². The van der Waals surface area contributed by atoms with Crippen LogP contribution in [0, 0.1) is 2.88 Å². The van der Waals surface area contributed by atoms with E-state index < -0.39 is 12.0 Å². The van der Waals surface area contributed by atoms with Gasteiger partial charge in [0, 0.05) is 25.0 Å². The Morgan fingerprint density at radius 1 is 1.59 bits per heavy atom. The molecular formula is C10H11IN2O3S. The van der Waals surface area contributed by atoms with E-state index in [4.69, 9.17) is 5.11 Å². The number of carbonyl (C=O) groups is 2. The number of nitrogens with one attached hydrogen (secondary N) is 1. The van der Waals surface area contributed by atoms with E-state index >= 15 is 0 Å². The molecule has 1 aromatic heterocycles. The van der Waals surface area contributed by atoms with Gasteiger partial charge in [0.25, 0.3) is 5.91 Å². The first kappa shape index (κ1) is 12.8. The Morgan fingerprint density at radius 2 is 2.35 bits per heavy atom. The molecule has 0 spiro atoms. The van der Waals surface area contributed by atoms with Crippen molar-refractivity contribution >= 4 is 45.8 Å². The van der Waals surface area contributed by atoms with Gasteiger partial charge in [-0.3, -0.25) is 4.79 Å². The number of halogens is 1. The normalized spacial score (nSPS) is 20.3. The third-order valence-electron chi connectivity index (χ3n) is 2.60. The molecule has 1 aliphatic rings. The Labute approximate surface area is 116 Å². The van der Waals surface area contributed by atoms with Crippen LogP contribution in [0.4, 0.5) is 0 Å². The summed E-state index contributed by atoms with van der Waals surface area (Å²) in [4.78, 5) is 24.7. The lowest BCUT2D eigenvalue weighted by molar-refractivity contribution is -0.142. The number of aliphatic carboxylic acids is 1. The van der Waals surface area contributed by atoms with E-state index in [1.165, 1.54) is 16.2 Å². The monoisotopic (exact) mass is 366 g/mol. The summed E-state index contributed by atoms with van der Waals surface area (Å²) in [7, 11) is 0. The van der Waals surface area contributed by atoms with Crippen LogP contribution >= 0.6 is 33.9 Å². The molecule has 1 aromatic rings. The lowest BCUT2D eigenvalue weighted by atomic mass is 10.1. The minimum absolute atomic E-state index is 0.196. The van der Waals surface area contributed by atoms with Crippen LogP contribution in [0.1, 0.15) is 10.4 Å². The number of rotatable bonds is 2. The van der Waals surface area contributed by atoms with E-state index in [1.54, 1.807) is 11.4 Å². The molecule has 2 N–H and O–H groups in total. The van der Waals surface area contributed by atoms with Crippen LogP contribution in [0.15, 0.2) is 11.4 Å². The molecule has 7 heteroatoms. The average molecular weight is 366 g/mol. The first-order chi connectivity index (χ1) is 8.09. The maximum atomic E-state index is 12.2. The summed E-state index contributed by atoms with van der Waals surface area (Å²) in [6, 6.07) is 1.02. The van der Waals surface area contributed by atoms with E-state index in [1.807, 2.05) is 0 Å². The third kappa shape index (κ3) is 2.78. The summed E-state index contributed by atoms with van der Waals surface area (Å²) in [6.45, 7) is 1.38. The number of hydrogen-bond acceptors (Lipinski definition) is 4. The first-order valence-electron chi connectivity index (χ1n) is 5.08. The van der Waals surface area contributed by atoms with E-state index in [9.17, 15) is 9.59 Å². The van der Waals surface area contributed by atoms with Gasteiger partial charge >= 0.3 is 5.97 Å². The molecule has 0 radical (unpaired) electrons. The van der Waals surface area contributed by atoms with Gasteiger partial charge < -0.3 is 15.3 Å². The van der Waals surface area contributed by atoms with Gasteiger partial charge in [0.1, 0.15) is 6.04 Å². The van der Waals surface area contributed by atoms with Crippen molar-refractivity contribution in [1.29, 1.82) is 0 Å². The fraction of sp³-hybridized carbons (Fsp3) is 0.400. The molecule has 0 bridgehead atoms. The van der Waals surface area contributed by atoms with Crippen LogP contribution in [-0.4, -0.2) is 47.6 Å². The SMILES string of the molecule is O=C(O)C1CNCCN1C(=O)c1csc(I)c1. The molecule has 1 unspecified atom stereocenters. The Morgan fingerprint density at radius 3 is 2.94 bits per heavy atom. The van der Waals surface area contributed by atoms with Crippen LogP contribution in [0.25, 0.3) is 0 Å². The van der Waals surface area contributed by atoms with Crippen molar-refractivity contribution in [3.8, 4) is 0 Å². The second-order valence-corrected chi connectivity index (χ2v) is 6.50. The van der Waals surface area contributed by atoms with Gasteiger partial charge in [-0.25, -0.2) is 4.79 Å². The Balaban J connectivity index is 2.19. The highest BCUT2D eigenvalue weighted by molar-refractivity contribution is 14.1. The molecular weight excluding hydrogens is 355 g/mol. The van der Waals surface area contributed by atoms with Gasteiger partial charge in [0.2, 0.25) is 0 Å². The van der Waals surface area contributed by atoms with Gasteiger partial charge in [-0.15, -0.1) is 11.3 Å². The van der Waals surface area contributed by atoms with Crippen LogP contribution in [0.3, 0.4) is 0 Å². The summed E-state index contributed by atoms with van der Waals surface area (Å²) in [6.07, 6.45) is 0. The number of nitrogens with zero attached hydrogens (tertiary/aromatic N) is 1. The molecule has 2 rings (SSSR count). The van der Waals surface area contributed by atoms with Gasteiger partial charge in [0.05, 0.1) is 8.45 Å². The molecule has 1 fully saturated rings. The molecule has 1 aliphatic heterocycles.